The topological polar surface area (TPSA) is 22.1 Å². The molecular weight excluding hydrogens is 278 g/mol. The van der Waals surface area contributed by atoms with Crippen molar-refractivity contribution in [2.24, 2.45) is 0 Å². The van der Waals surface area contributed by atoms with Gasteiger partial charge in [-0.15, -0.1) is 0 Å². The van der Waals surface area contributed by atoms with Gasteiger partial charge in [0, 0.05) is 16.4 Å². The third kappa shape index (κ3) is 2.44. The average Bonchev–Trinajstić information content (AvgIpc) is 2.36. The molecule has 1 aromatic carbocycles. The molecule has 1 aromatic heterocycles. The second-order valence-electron chi connectivity index (χ2n) is 4.38. The number of alkyl halides is 1. The molecule has 0 fully saturated rings. The van der Waals surface area contributed by atoms with Gasteiger partial charge in [0.2, 0.25) is 0 Å². The minimum absolute atomic E-state index is 0.444. The number of halogens is 1. The van der Waals surface area contributed by atoms with Gasteiger partial charge in [0.05, 0.1) is 12.6 Å². The highest BCUT2D eigenvalue weighted by molar-refractivity contribution is 9.08. The van der Waals surface area contributed by atoms with Crippen molar-refractivity contribution in [3.63, 3.8) is 0 Å². The van der Waals surface area contributed by atoms with E-state index in [0.717, 1.165) is 27.7 Å². The van der Waals surface area contributed by atoms with Gasteiger partial charge in [-0.2, -0.15) is 0 Å². The van der Waals surface area contributed by atoms with Crippen LogP contribution in [0.1, 0.15) is 31.0 Å². The van der Waals surface area contributed by atoms with E-state index >= 15 is 0 Å². The number of aromatic nitrogens is 1. The minimum Gasteiger partial charge on any atom is -0.497 e. The molecule has 2 nitrogen and oxygen atoms in total. The van der Waals surface area contributed by atoms with Gasteiger partial charge in [0.15, 0.2) is 0 Å². The summed E-state index contributed by atoms with van der Waals surface area (Å²) in [6.07, 6.45) is 0. The van der Waals surface area contributed by atoms with Gasteiger partial charge >= 0.3 is 0 Å². The summed E-state index contributed by atoms with van der Waals surface area (Å²) in [6.45, 7) is 4.32. The summed E-state index contributed by atoms with van der Waals surface area (Å²) in [5.41, 5.74) is 3.43. The first-order valence-corrected chi connectivity index (χ1v) is 6.81. The summed E-state index contributed by atoms with van der Waals surface area (Å²) in [7, 11) is 1.69. The Morgan fingerprint density at radius 1 is 1.29 bits per heavy atom. The van der Waals surface area contributed by atoms with Crippen LogP contribution in [0.15, 0.2) is 24.3 Å². The third-order valence-electron chi connectivity index (χ3n) is 2.86. The maximum absolute atomic E-state index is 5.26. The van der Waals surface area contributed by atoms with Crippen LogP contribution in [-0.4, -0.2) is 12.1 Å². The van der Waals surface area contributed by atoms with Crippen molar-refractivity contribution in [1.82, 2.24) is 4.98 Å². The van der Waals surface area contributed by atoms with Crippen LogP contribution in [0.4, 0.5) is 0 Å². The van der Waals surface area contributed by atoms with E-state index in [4.69, 9.17) is 4.74 Å². The van der Waals surface area contributed by atoms with Gasteiger partial charge in [0.1, 0.15) is 5.75 Å². The molecule has 0 aliphatic rings. The van der Waals surface area contributed by atoms with Gasteiger partial charge < -0.3 is 4.74 Å². The predicted octanol–water partition coefficient (Wildman–Crippen LogP) is 4.26. The van der Waals surface area contributed by atoms with Crippen LogP contribution in [0.3, 0.4) is 0 Å². The Morgan fingerprint density at radius 2 is 2.06 bits per heavy atom. The fourth-order valence-corrected chi connectivity index (χ4v) is 2.29. The highest BCUT2D eigenvalue weighted by Gasteiger charge is 2.08. The Labute approximate surface area is 110 Å². The van der Waals surface area contributed by atoms with E-state index in [0.29, 0.717) is 5.92 Å². The van der Waals surface area contributed by atoms with Crippen LogP contribution >= 0.6 is 15.9 Å². The fraction of sp³-hybridized carbons (Fsp3) is 0.357. The van der Waals surface area contributed by atoms with E-state index in [9.17, 15) is 0 Å². The number of hydrogen-bond acceptors (Lipinski definition) is 2. The lowest BCUT2D eigenvalue weighted by Crippen LogP contribution is -1.96. The molecule has 0 aliphatic carbocycles. The number of pyridine rings is 1. The number of methoxy groups -OCH3 is 1. The van der Waals surface area contributed by atoms with Crippen molar-refractivity contribution < 1.29 is 4.74 Å². The van der Waals surface area contributed by atoms with Crippen molar-refractivity contribution in [3.05, 3.63) is 35.5 Å². The van der Waals surface area contributed by atoms with E-state index in [1.807, 2.05) is 18.2 Å². The van der Waals surface area contributed by atoms with Crippen LogP contribution in [-0.2, 0) is 5.33 Å². The van der Waals surface area contributed by atoms with Gasteiger partial charge in [-0.3, -0.25) is 4.98 Å². The van der Waals surface area contributed by atoms with Crippen LogP contribution in [0, 0.1) is 0 Å². The molecule has 0 saturated heterocycles. The van der Waals surface area contributed by atoms with Crippen LogP contribution in [0.25, 0.3) is 10.9 Å². The first-order chi connectivity index (χ1) is 8.15. The molecule has 0 aliphatic heterocycles. The van der Waals surface area contributed by atoms with Crippen molar-refractivity contribution in [2.75, 3.05) is 7.11 Å². The second kappa shape index (κ2) is 5.05. The quantitative estimate of drug-likeness (QED) is 0.789. The number of benzene rings is 1. The molecule has 3 heteroatoms. The summed E-state index contributed by atoms with van der Waals surface area (Å²) in [5.74, 6) is 1.32. The largest absolute Gasteiger partial charge is 0.497 e. The molecule has 0 amide bonds. The van der Waals surface area contributed by atoms with Crippen LogP contribution < -0.4 is 4.74 Å². The SMILES string of the molecule is COc1ccc2nc(C(C)C)cc(CBr)c2c1. The van der Waals surface area contributed by atoms with E-state index in [1.165, 1.54) is 5.56 Å². The summed E-state index contributed by atoms with van der Waals surface area (Å²) in [5, 5.41) is 1.99. The molecule has 2 aromatic rings. The standard InChI is InChI=1S/C14H16BrNO/c1-9(2)14-6-10(8-15)12-7-11(17-3)4-5-13(12)16-14/h4-7,9H,8H2,1-3H3. The molecule has 0 N–H and O–H groups in total. The molecule has 0 unspecified atom stereocenters. The lowest BCUT2D eigenvalue weighted by molar-refractivity contribution is 0.415. The number of ether oxygens (including phenoxy) is 1. The Hall–Kier alpha value is -1.09. The molecule has 0 spiro atoms. The second-order valence-corrected chi connectivity index (χ2v) is 4.94. The molecule has 2 rings (SSSR count). The van der Waals surface area contributed by atoms with Gasteiger partial charge in [-0.1, -0.05) is 29.8 Å². The molecule has 0 radical (unpaired) electrons. The van der Waals surface area contributed by atoms with Crippen molar-refractivity contribution in [3.8, 4) is 5.75 Å². The first-order valence-electron chi connectivity index (χ1n) is 5.69. The number of hydrogen-bond donors (Lipinski definition) is 0. The highest BCUT2D eigenvalue weighted by Crippen LogP contribution is 2.27. The van der Waals surface area contributed by atoms with E-state index in [1.54, 1.807) is 7.11 Å². The normalized spacial score (nSPS) is 11.1. The van der Waals surface area contributed by atoms with Gasteiger partial charge in [-0.05, 0) is 35.7 Å². The summed E-state index contributed by atoms with van der Waals surface area (Å²) in [6, 6.07) is 8.19. The monoisotopic (exact) mass is 293 g/mol. The first kappa shape index (κ1) is 12.4. The van der Waals surface area contributed by atoms with Crippen molar-refractivity contribution in [2.45, 2.75) is 25.1 Å². The lowest BCUT2D eigenvalue weighted by atomic mass is 10.0. The van der Waals surface area contributed by atoms with Gasteiger partial charge in [0.25, 0.3) is 0 Å². The molecular formula is C14H16BrNO. The number of nitrogens with zero attached hydrogens (tertiary/aromatic N) is 1. The molecule has 0 saturated carbocycles. The summed E-state index contributed by atoms with van der Waals surface area (Å²) in [4.78, 5) is 4.68. The van der Waals surface area contributed by atoms with Crippen LogP contribution in [0.2, 0.25) is 0 Å². The summed E-state index contributed by atoms with van der Waals surface area (Å²) >= 11 is 3.54. The Morgan fingerprint density at radius 3 is 2.65 bits per heavy atom. The Balaban J connectivity index is 2.68. The summed E-state index contributed by atoms with van der Waals surface area (Å²) < 4.78 is 5.26. The Bertz CT molecular complexity index is 537. The minimum atomic E-state index is 0.444. The molecule has 0 atom stereocenters. The zero-order chi connectivity index (χ0) is 12.4. The highest BCUT2D eigenvalue weighted by atomic mass is 79.9. The maximum atomic E-state index is 5.26. The predicted molar refractivity (Wildman–Crippen MR) is 75.0 cm³/mol. The van der Waals surface area contributed by atoms with Gasteiger partial charge in [-0.25, -0.2) is 0 Å². The van der Waals surface area contributed by atoms with E-state index in [2.05, 4.69) is 40.8 Å². The zero-order valence-electron chi connectivity index (χ0n) is 10.3. The maximum Gasteiger partial charge on any atom is 0.119 e. The smallest absolute Gasteiger partial charge is 0.119 e. The Kier molecular flexibility index (Phi) is 3.67. The van der Waals surface area contributed by atoms with Crippen molar-refractivity contribution >= 4 is 26.8 Å². The number of rotatable bonds is 3. The van der Waals surface area contributed by atoms with Crippen LogP contribution in [0.5, 0.6) is 5.75 Å². The molecule has 1 heterocycles. The van der Waals surface area contributed by atoms with E-state index in [-0.39, 0.29) is 0 Å². The third-order valence-corrected chi connectivity index (χ3v) is 3.46. The molecule has 90 valence electrons. The number of fused-ring (bicyclic) bond motifs is 1. The fourth-order valence-electron chi connectivity index (χ4n) is 1.83. The van der Waals surface area contributed by atoms with E-state index < -0.39 is 0 Å². The average molecular weight is 294 g/mol. The molecule has 17 heavy (non-hydrogen) atoms. The lowest BCUT2D eigenvalue weighted by Gasteiger charge is -2.11. The van der Waals surface area contributed by atoms with Crippen molar-refractivity contribution in [1.29, 1.82) is 0 Å². The molecule has 0 bridgehead atoms. The zero-order valence-corrected chi connectivity index (χ0v) is 11.9.